The molecule has 1 aromatic carbocycles. The number of amides is 1. The van der Waals surface area contributed by atoms with E-state index in [1.165, 1.54) is 6.07 Å². The molecule has 1 aromatic heterocycles. The maximum absolute atomic E-state index is 12.0. The summed E-state index contributed by atoms with van der Waals surface area (Å²) in [5, 5.41) is 7.45. The minimum absolute atomic E-state index is 0.123. The predicted molar refractivity (Wildman–Crippen MR) is 80.8 cm³/mol. The van der Waals surface area contributed by atoms with E-state index < -0.39 is 0 Å². The van der Waals surface area contributed by atoms with Crippen LogP contribution in [0.15, 0.2) is 28.8 Å². The maximum Gasteiger partial charge on any atom is 0.273 e. The Morgan fingerprint density at radius 2 is 2.19 bits per heavy atom. The van der Waals surface area contributed by atoms with Crippen molar-refractivity contribution >= 4 is 29.1 Å². The average Bonchev–Trinajstić information content (AvgIpc) is 2.88. The van der Waals surface area contributed by atoms with E-state index in [-0.39, 0.29) is 17.6 Å². The molecule has 0 bridgehead atoms. The standard InChI is InChI=1S/C14H14Cl2N2O3/c1-8(7-20-2)17-14(19)12-6-13(21-18-12)10-4-3-9(15)5-11(10)16/h3-6,8H,7H2,1-2H3,(H,17,19). The maximum atomic E-state index is 12.0. The van der Waals surface area contributed by atoms with Gasteiger partial charge in [0.2, 0.25) is 0 Å². The monoisotopic (exact) mass is 328 g/mol. The molecule has 1 N–H and O–H groups in total. The van der Waals surface area contributed by atoms with Gasteiger partial charge in [0.25, 0.3) is 5.91 Å². The highest BCUT2D eigenvalue weighted by Crippen LogP contribution is 2.30. The highest BCUT2D eigenvalue weighted by molar-refractivity contribution is 6.36. The van der Waals surface area contributed by atoms with Crippen molar-refractivity contribution < 1.29 is 14.1 Å². The van der Waals surface area contributed by atoms with E-state index >= 15 is 0 Å². The lowest BCUT2D eigenvalue weighted by molar-refractivity contribution is 0.0896. The van der Waals surface area contributed by atoms with Crippen LogP contribution in [0.1, 0.15) is 17.4 Å². The van der Waals surface area contributed by atoms with Crippen LogP contribution >= 0.6 is 23.2 Å². The molecule has 0 saturated heterocycles. The van der Waals surface area contributed by atoms with Crippen LogP contribution < -0.4 is 5.32 Å². The number of carbonyl (C=O) groups excluding carboxylic acids is 1. The van der Waals surface area contributed by atoms with Crippen molar-refractivity contribution in [2.24, 2.45) is 0 Å². The van der Waals surface area contributed by atoms with E-state index in [1.54, 1.807) is 25.3 Å². The molecule has 2 aromatic rings. The van der Waals surface area contributed by atoms with Gasteiger partial charge in [-0.25, -0.2) is 0 Å². The number of hydrogen-bond donors (Lipinski definition) is 1. The normalized spacial score (nSPS) is 12.2. The van der Waals surface area contributed by atoms with Crippen molar-refractivity contribution in [2.45, 2.75) is 13.0 Å². The highest BCUT2D eigenvalue weighted by atomic mass is 35.5. The van der Waals surface area contributed by atoms with E-state index in [1.807, 2.05) is 6.92 Å². The Labute approximate surface area is 132 Å². The first kappa shape index (κ1) is 15.8. The molecular weight excluding hydrogens is 315 g/mol. The third-order valence-electron chi connectivity index (χ3n) is 2.73. The summed E-state index contributed by atoms with van der Waals surface area (Å²) in [6, 6.07) is 6.40. The molecule has 0 saturated carbocycles. The molecule has 0 fully saturated rings. The van der Waals surface area contributed by atoms with Gasteiger partial charge in [-0.3, -0.25) is 4.79 Å². The van der Waals surface area contributed by atoms with Crippen molar-refractivity contribution in [2.75, 3.05) is 13.7 Å². The summed E-state index contributed by atoms with van der Waals surface area (Å²) < 4.78 is 10.1. The number of nitrogens with zero attached hydrogens (tertiary/aromatic N) is 1. The number of ether oxygens (including phenoxy) is 1. The quantitative estimate of drug-likeness (QED) is 0.913. The Morgan fingerprint density at radius 3 is 2.86 bits per heavy atom. The fourth-order valence-electron chi connectivity index (χ4n) is 1.79. The lowest BCUT2D eigenvalue weighted by Crippen LogP contribution is -2.35. The summed E-state index contributed by atoms with van der Waals surface area (Å²) in [6.45, 7) is 2.25. The summed E-state index contributed by atoms with van der Waals surface area (Å²) in [5.41, 5.74) is 0.802. The van der Waals surface area contributed by atoms with Crippen LogP contribution in [-0.4, -0.2) is 30.8 Å². The van der Waals surface area contributed by atoms with Crippen LogP contribution in [0.2, 0.25) is 10.0 Å². The molecule has 1 heterocycles. The zero-order valence-electron chi connectivity index (χ0n) is 11.5. The van der Waals surface area contributed by atoms with Gasteiger partial charge >= 0.3 is 0 Å². The number of aromatic nitrogens is 1. The molecule has 7 heteroatoms. The Kier molecular flexibility index (Phi) is 5.22. The first-order valence-corrected chi connectivity index (χ1v) is 6.98. The van der Waals surface area contributed by atoms with Gasteiger partial charge in [0.05, 0.1) is 11.6 Å². The summed E-state index contributed by atoms with van der Waals surface area (Å²) in [5.74, 6) is 0.0702. The molecular formula is C14H14Cl2N2O3. The molecule has 0 spiro atoms. The predicted octanol–water partition coefficient (Wildman–Crippen LogP) is 3.41. The fourth-order valence-corrected chi connectivity index (χ4v) is 2.29. The number of benzene rings is 1. The average molecular weight is 329 g/mol. The molecule has 5 nitrogen and oxygen atoms in total. The molecule has 0 aliphatic heterocycles. The lowest BCUT2D eigenvalue weighted by Gasteiger charge is -2.10. The Morgan fingerprint density at radius 1 is 1.43 bits per heavy atom. The molecule has 1 amide bonds. The summed E-state index contributed by atoms with van der Waals surface area (Å²) in [6.07, 6.45) is 0. The second kappa shape index (κ2) is 6.93. The molecule has 112 valence electrons. The zero-order chi connectivity index (χ0) is 15.4. The molecule has 1 unspecified atom stereocenters. The van der Waals surface area contributed by atoms with E-state index in [0.29, 0.717) is 28.0 Å². The minimum atomic E-state index is -0.334. The van der Waals surface area contributed by atoms with Crippen LogP contribution in [0.4, 0.5) is 0 Å². The van der Waals surface area contributed by atoms with E-state index in [9.17, 15) is 4.79 Å². The minimum Gasteiger partial charge on any atom is -0.383 e. The van der Waals surface area contributed by atoms with Gasteiger partial charge in [-0.1, -0.05) is 28.4 Å². The summed E-state index contributed by atoms with van der Waals surface area (Å²) >= 11 is 11.9. The van der Waals surface area contributed by atoms with Crippen molar-refractivity contribution in [3.05, 3.63) is 40.0 Å². The van der Waals surface area contributed by atoms with Crippen LogP contribution in [0.5, 0.6) is 0 Å². The van der Waals surface area contributed by atoms with Crippen LogP contribution in [-0.2, 0) is 4.74 Å². The number of halogens is 2. The van der Waals surface area contributed by atoms with Gasteiger partial charge in [-0.05, 0) is 25.1 Å². The lowest BCUT2D eigenvalue weighted by atomic mass is 10.1. The first-order chi connectivity index (χ1) is 10.0. The van der Waals surface area contributed by atoms with Crippen LogP contribution in [0, 0.1) is 0 Å². The molecule has 0 radical (unpaired) electrons. The Balaban J connectivity index is 2.16. The third-order valence-corrected chi connectivity index (χ3v) is 3.28. The first-order valence-electron chi connectivity index (χ1n) is 6.23. The number of rotatable bonds is 5. The second-order valence-corrected chi connectivity index (χ2v) is 5.37. The zero-order valence-corrected chi connectivity index (χ0v) is 13.0. The van der Waals surface area contributed by atoms with Gasteiger partial charge in [0, 0.05) is 29.8 Å². The Bertz CT molecular complexity index is 643. The number of hydrogen-bond acceptors (Lipinski definition) is 4. The van der Waals surface area contributed by atoms with Gasteiger partial charge in [0.1, 0.15) is 0 Å². The topological polar surface area (TPSA) is 64.4 Å². The fraction of sp³-hybridized carbons (Fsp3) is 0.286. The smallest absolute Gasteiger partial charge is 0.273 e. The molecule has 2 rings (SSSR count). The van der Waals surface area contributed by atoms with Crippen LogP contribution in [0.25, 0.3) is 11.3 Å². The number of nitrogens with one attached hydrogen (secondary N) is 1. The van der Waals surface area contributed by atoms with E-state index in [4.69, 9.17) is 32.5 Å². The van der Waals surface area contributed by atoms with Crippen molar-refractivity contribution in [1.82, 2.24) is 10.5 Å². The van der Waals surface area contributed by atoms with Gasteiger partial charge in [-0.15, -0.1) is 0 Å². The van der Waals surface area contributed by atoms with Gasteiger partial charge in [0.15, 0.2) is 11.5 Å². The van der Waals surface area contributed by atoms with Crippen molar-refractivity contribution in [1.29, 1.82) is 0 Å². The number of carbonyl (C=O) groups is 1. The summed E-state index contributed by atoms with van der Waals surface area (Å²) in [7, 11) is 1.57. The second-order valence-electron chi connectivity index (χ2n) is 4.53. The highest BCUT2D eigenvalue weighted by Gasteiger charge is 2.17. The third kappa shape index (κ3) is 3.97. The van der Waals surface area contributed by atoms with Crippen molar-refractivity contribution in [3.63, 3.8) is 0 Å². The SMILES string of the molecule is COCC(C)NC(=O)c1cc(-c2ccc(Cl)cc2Cl)on1. The Hall–Kier alpha value is -1.56. The largest absolute Gasteiger partial charge is 0.383 e. The molecule has 0 aliphatic rings. The molecule has 21 heavy (non-hydrogen) atoms. The summed E-state index contributed by atoms with van der Waals surface area (Å²) in [4.78, 5) is 12.0. The molecule has 1 atom stereocenters. The van der Waals surface area contributed by atoms with E-state index in [0.717, 1.165) is 0 Å². The van der Waals surface area contributed by atoms with Gasteiger partial charge < -0.3 is 14.6 Å². The van der Waals surface area contributed by atoms with Crippen LogP contribution in [0.3, 0.4) is 0 Å². The van der Waals surface area contributed by atoms with Gasteiger partial charge in [-0.2, -0.15) is 0 Å². The van der Waals surface area contributed by atoms with E-state index in [2.05, 4.69) is 10.5 Å². The molecule has 0 aliphatic carbocycles. The number of methoxy groups -OCH3 is 1. The van der Waals surface area contributed by atoms with Crippen molar-refractivity contribution in [3.8, 4) is 11.3 Å².